The van der Waals surface area contributed by atoms with Gasteiger partial charge in [-0.25, -0.2) is 8.78 Å². The normalized spacial score (nSPS) is 20.6. The molecule has 0 saturated heterocycles. The molecule has 1 nitrogen and oxygen atoms in total. The second-order valence-corrected chi connectivity index (χ2v) is 5.21. The van der Waals surface area contributed by atoms with Crippen molar-refractivity contribution in [1.82, 2.24) is 0 Å². The second-order valence-electron chi connectivity index (χ2n) is 5.21. The third-order valence-electron chi connectivity index (χ3n) is 3.15. The van der Waals surface area contributed by atoms with E-state index in [9.17, 15) is 8.78 Å². The van der Waals surface area contributed by atoms with Gasteiger partial charge in [0.15, 0.2) is 6.17 Å². The lowest BCUT2D eigenvalue weighted by Crippen LogP contribution is -2.22. The molecule has 0 spiro atoms. The third-order valence-corrected chi connectivity index (χ3v) is 3.15. The fraction of sp³-hybridized carbons (Fsp3) is 0.538. The van der Waals surface area contributed by atoms with E-state index in [2.05, 4.69) is 0 Å². The molecule has 3 heteroatoms. The van der Waals surface area contributed by atoms with E-state index >= 15 is 0 Å². The van der Waals surface area contributed by atoms with Crippen LogP contribution >= 0.6 is 0 Å². The number of halogens is 2. The zero-order valence-corrected chi connectivity index (χ0v) is 9.63. The highest BCUT2D eigenvalue weighted by Gasteiger charge is 2.40. The minimum absolute atomic E-state index is 0.295. The van der Waals surface area contributed by atoms with Crippen LogP contribution in [0.3, 0.4) is 0 Å². The lowest BCUT2D eigenvalue weighted by molar-refractivity contribution is 0.0852. The largest absolute Gasteiger partial charge is 0.321 e. The Morgan fingerprint density at radius 2 is 2.00 bits per heavy atom. The Kier molecular flexibility index (Phi) is 2.54. The topological polar surface area (TPSA) is 26.0 Å². The molecule has 0 aliphatic heterocycles. The van der Waals surface area contributed by atoms with E-state index in [1.165, 1.54) is 13.8 Å². The van der Waals surface area contributed by atoms with Gasteiger partial charge in [-0.3, -0.25) is 0 Å². The molecule has 0 amide bonds. The SMILES string of the molecule is CC(C)(F)[C@@H](F)c1cccc(C2(N)CC2)c1. The first-order chi connectivity index (χ1) is 7.33. The molecule has 1 saturated carbocycles. The molecule has 0 radical (unpaired) electrons. The van der Waals surface area contributed by atoms with E-state index in [1.54, 1.807) is 18.2 Å². The predicted molar refractivity (Wildman–Crippen MR) is 60.6 cm³/mol. The summed E-state index contributed by atoms with van der Waals surface area (Å²) in [5.41, 5.74) is 5.17. The van der Waals surface area contributed by atoms with Gasteiger partial charge in [0.2, 0.25) is 0 Å². The van der Waals surface area contributed by atoms with Gasteiger partial charge in [-0.05, 0) is 37.8 Å². The van der Waals surface area contributed by atoms with Crippen LogP contribution in [0.5, 0.6) is 0 Å². The molecular formula is C13H17F2N. The Hall–Kier alpha value is -0.960. The van der Waals surface area contributed by atoms with Crippen molar-refractivity contribution in [3.63, 3.8) is 0 Å². The molecule has 2 rings (SSSR count). The summed E-state index contributed by atoms with van der Waals surface area (Å²) in [6, 6.07) is 6.94. The van der Waals surface area contributed by atoms with Crippen molar-refractivity contribution in [3.8, 4) is 0 Å². The highest BCUT2D eigenvalue weighted by Crippen LogP contribution is 2.44. The number of alkyl halides is 2. The molecule has 1 aromatic rings. The minimum atomic E-state index is -1.86. The zero-order valence-electron chi connectivity index (χ0n) is 9.63. The van der Waals surface area contributed by atoms with Crippen LogP contribution in [-0.4, -0.2) is 5.67 Å². The van der Waals surface area contributed by atoms with Crippen LogP contribution in [0, 0.1) is 0 Å². The Morgan fingerprint density at radius 1 is 1.38 bits per heavy atom. The Balaban J connectivity index is 2.29. The number of benzene rings is 1. The number of nitrogens with two attached hydrogens (primary N) is 1. The molecule has 1 aliphatic rings. The van der Waals surface area contributed by atoms with E-state index in [0.717, 1.165) is 18.4 Å². The molecule has 1 fully saturated rings. The average Bonchev–Trinajstić information content (AvgIpc) is 2.96. The highest BCUT2D eigenvalue weighted by molar-refractivity contribution is 5.34. The minimum Gasteiger partial charge on any atom is -0.321 e. The van der Waals surface area contributed by atoms with Crippen molar-refractivity contribution >= 4 is 0 Å². The maximum absolute atomic E-state index is 13.8. The number of hydrogen-bond donors (Lipinski definition) is 1. The van der Waals surface area contributed by atoms with Gasteiger partial charge >= 0.3 is 0 Å². The van der Waals surface area contributed by atoms with Crippen LogP contribution in [-0.2, 0) is 5.54 Å². The molecule has 88 valence electrons. The summed E-state index contributed by atoms with van der Waals surface area (Å²) in [6.45, 7) is 2.50. The monoisotopic (exact) mass is 225 g/mol. The first-order valence-electron chi connectivity index (χ1n) is 5.55. The molecule has 16 heavy (non-hydrogen) atoms. The quantitative estimate of drug-likeness (QED) is 0.838. The molecule has 0 aromatic heterocycles. The molecular weight excluding hydrogens is 208 g/mol. The molecule has 2 N–H and O–H groups in total. The first kappa shape index (κ1) is 11.5. The van der Waals surface area contributed by atoms with Crippen molar-refractivity contribution in [2.75, 3.05) is 0 Å². The van der Waals surface area contributed by atoms with Crippen LogP contribution in [0.25, 0.3) is 0 Å². The van der Waals surface area contributed by atoms with Crippen LogP contribution in [0.1, 0.15) is 44.0 Å². The summed E-state index contributed by atoms with van der Waals surface area (Å²) in [5.74, 6) is 0. The highest BCUT2D eigenvalue weighted by atomic mass is 19.2. The van der Waals surface area contributed by atoms with Crippen LogP contribution in [0.15, 0.2) is 24.3 Å². The van der Waals surface area contributed by atoms with Crippen molar-refractivity contribution in [1.29, 1.82) is 0 Å². The van der Waals surface area contributed by atoms with Gasteiger partial charge in [-0.2, -0.15) is 0 Å². The Labute approximate surface area is 94.7 Å². The van der Waals surface area contributed by atoms with E-state index in [4.69, 9.17) is 5.73 Å². The van der Waals surface area contributed by atoms with Crippen molar-refractivity contribution in [2.45, 2.75) is 44.1 Å². The summed E-state index contributed by atoms with van der Waals surface area (Å²) < 4.78 is 27.3. The summed E-state index contributed by atoms with van der Waals surface area (Å²) >= 11 is 0. The van der Waals surface area contributed by atoms with Crippen molar-refractivity contribution in [3.05, 3.63) is 35.4 Å². The van der Waals surface area contributed by atoms with E-state index in [0.29, 0.717) is 5.56 Å². The summed E-state index contributed by atoms with van der Waals surface area (Å²) in [7, 11) is 0. The second kappa shape index (κ2) is 3.52. The van der Waals surface area contributed by atoms with E-state index < -0.39 is 11.8 Å². The summed E-state index contributed by atoms with van der Waals surface area (Å²) in [4.78, 5) is 0. The zero-order chi connectivity index (χ0) is 12.0. The van der Waals surface area contributed by atoms with Gasteiger partial charge in [0.1, 0.15) is 5.67 Å². The average molecular weight is 225 g/mol. The molecule has 1 atom stereocenters. The third kappa shape index (κ3) is 2.09. The first-order valence-corrected chi connectivity index (χ1v) is 5.55. The lowest BCUT2D eigenvalue weighted by atomic mass is 9.94. The van der Waals surface area contributed by atoms with Gasteiger partial charge in [0, 0.05) is 5.54 Å². The van der Waals surface area contributed by atoms with Crippen molar-refractivity contribution < 1.29 is 8.78 Å². The Morgan fingerprint density at radius 3 is 2.50 bits per heavy atom. The Bertz CT molecular complexity index is 391. The predicted octanol–water partition coefficient (Wildman–Crippen LogP) is 3.39. The number of rotatable bonds is 3. The summed E-state index contributed by atoms with van der Waals surface area (Å²) in [6.07, 6.45) is 0.244. The van der Waals surface area contributed by atoms with Crippen LogP contribution < -0.4 is 5.73 Å². The number of hydrogen-bond acceptors (Lipinski definition) is 1. The van der Waals surface area contributed by atoms with Crippen molar-refractivity contribution in [2.24, 2.45) is 5.73 Å². The maximum Gasteiger partial charge on any atom is 0.158 e. The van der Waals surface area contributed by atoms with Crippen LogP contribution in [0.4, 0.5) is 8.78 Å². The van der Waals surface area contributed by atoms with E-state index in [-0.39, 0.29) is 5.54 Å². The van der Waals surface area contributed by atoms with Gasteiger partial charge < -0.3 is 5.73 Å². The molecule has 0 unspecified atom stereocenters. The van der Waals surface area contributed by atoms with Gasteiger partial charge in [0.25, 0.3) is 0 Å². The molecule has 1 aliphatic carbocycles. The van der Waals surface area contributed by atoms with Gasteiger partial charge in [0.05, 0.1) is 0 Å². The molecule has 0 bridgehead atoms. The van der Waals surface area contributed by atoms with Gasteiger partial charge in [-0.15, -0.1) is 0 Å². The molecule has 1 aromatic carbocycles. The fourth-order valence-electron chi connectivity index (χ4n) is 1.83. The lowest BCUT2D eigenvalue weighted by Gasteiger charge is -2.21. The van der Waals surface area contributed by atoms with Gasteiger partial charge in [-0.1, -0.05) is 24.3 Å². The molecule has 0 heterocycles. The smallest absolute Gasteiger partial charge is 0.158 e. The van der Waals surface area contributed by atoms with E-state index in [1.807, 2.05) is 6.07 Å². The van der Waals surface area contributed by atoms with Crippen LogP contribution in [0.2, 0.25) is 0 Å². The standard InChI is InChI=1S/C13H17F2N/c1-12(2,15)11(14)9-4-3-5-10(8-9)13(16)6-7-13/h3-5,8,11H,6-7,16H2,1-2H3/t11-/m0/s1. The fourth-order valence-corrected chi connectivity index (χ4v) is 1.83. The maximum atomic E-state index is 13.8. The summed E-state index contributed by atoms with van der Waals surface area (Å²) in [5, 5.41) is 0.